The number of hydrogen-bond acceptors (Lipinski definition) is 7. The van der Waals surface area contributed by atoms with Crippen LogP contribution in [0.3, 0.4) is 0 Å². The van der Waals surface area contributed by atoms with Crippen LogP contribution in [0.5, 0.6) is 0 Å². The first-order valence-electron chi connectivity index (χ1n) is 29.8. The highest BCUT2D eigenvalue weighted by Crippen LogP contribution is 2.16. The average molecular weight is 1020 g/mol. The Kier molecular flexibility index (Phi) is 52.1. The summed E-state index contributed by atoms with van der Waals surface area (Å²) in [6, 6.07) is 0. The van der Waals surface area contributed by atoms with Gasteiger partial charge in [0.1, 0.15) is 13.2 Å². The van der Waals surface area contributed by atoms with Gasteiger partial charge in [-0.2, -0.15) is 0 Å². The summed E-state index contributed by atoms with van der Waals surface area (Å²) >= 11 is 0. The lowest BCUT2D eigenvalue weighted by Gasteiger charge is -2.25. The van der Waals surface area contributed by atoms with Crippen molar-refractivity contribution in [2.45, 2.75) is 257 Å². The maximum absolute atomic E-state index is 12.9. The van der Waals surface area contributed by atoms with E-state index < -0.39 is 24.3 Å². The number of carboxylic acid groups (broad SMARTS) is 1. The SMILES string of the molecule is CC/C=C\C/C=C\C/C=C\C/C=C\CCCCCCCCCCC(=O)OC(COC(=O)CCCCCCCCCCCCCC/C=C\C/C=C\C/C=C\CCCCCCC)COC(OCC[N+](C)(C)C)C(=O)O. The lowest BCUT2D eigenvalue weighted by molar-refractivity contribution is -0.870. The van der Waals surface area contributed by atoms with Gasteiger partial charge in [0.25, 0.3) is 6.29 Å². The van der Waals surface area contributed by atoms with Gasteiger partial charge in [-0.3, -0.25) is 9.59 Å². The van der Waals surface area contributed by atoms with Crippen LogP contribution < -0.4 is 0 Å². The second-order valence-electron chi connectivity index (χ2n) is 20.9. The standard InChI is InChI=1S/C64H111NO8/c1-6-8-10-12-14-16-18-20-22-24-26-28-29-30-31-32-33-35-36-38-40-42-44-46-48-50-52-54-61(66)71-58-60(59-72-64(63(68)69)70-57-56-65(3,4)5)73-62(67)55-53-51-49-47-45-43-41-39-37-34-27-25-23-21-19-17-15-13-11-9-7-2/h9,11,15,17-18,20-21,23-24,26-27,29-30,34,60,64H,6-8,10,12-14,16,19,22,25,28,31-33,35-59H2,1-5H3/p+1/b11-9-,17-15-,20-18-,23-21-,26-24-,30-29-,34-27-. The van der Waals surface area contributed by atoms with Crippen LogP contribution in [0.1, 0.15) is 245 Å². The van der Waals surface area contributed by atoms with E-state index in [1.165, 1.54) is 128 Å². The number of allylic oxidation sites excluding steroid dienone is 14. The molecule has 0 radical (unpaired) electrons. The van der Waals surface area contributed by atoms with Crippen LogP contribution in [0.25, 0.3) is 0 Å². The first kappa shape index (κ1) is 69.5. The fraction of sp³-hybridized carbons (Fsp3) is 0.734. The third kappa shape index (κ3) is 56.0. The molecule has 420 valence electrons. The molecular formula is C64H112NO8+. The molecule has 2 atom stereocenters. The van der Waals surface area contributed by atoms with Crippen molar-refractivity contribution in [2.75, 3.05) is 47.5 Å². The summed E-state index contributed by atoms with van der Waals surface area (Å²) in [7, 11) is 5.96. The molecule has 73 heavy (non-hydrogen) atoms. The van der Waals surface area contributed by atoms with Crippen LogP contribution in [-0.2, 0) is 33.3 Å². The van der Waals surface area contributed by atoms with Crippen molar-refractivity contribution in [3.05, 3.63) is 85.1 Å². The number of likely N-dealkylation sites (N-methyl/N-ethyl adjacent to an activating group) is 1. The Morgan fingerprint density at radius 2 is 0.781 bits per heavy atom. The Morgan fingerprint density at radius 3 is 1.16 bits per heavy atom. The van der Waals surface area contributed by atoms with Crippen molar-refractivity contribution in [2.24, 2.45) is 0 Å². The second kappa shape index (κ2) is 54.7. The number of nitrogens with zero attached hydrogens (tertiary/aromatic N) is 1. The van der Waals surface area contributed by atoms with E-state index in [9.17, 15) is 19.5 Å². The molecule has 0 aliphatic carbocycles. The number of carboxylic acids is 1. The third-order valence-electron chi connectivity index (χ3n) is 12.6. The Balaban J connectivity index is 4.24. The van der Waals surface area contributed by atoms with E-state index in [1.807, 2.05) is 21.1 Å². The summed E-state index contributed by atoms with van der Waals surface area (Å²) in [4.78, 5) is 37.5. The minimum atomic E-state index is -1.52. The monoisotopic (exact) mass is 1020 g/mol. The number of esters is 2. The van der Waals surface area contributed by atoms with E-state index in [0.29, 0.717) is 23.9 Å². The summed E-state index contributed by atoms with van der Waals surface area (Å²) in [5, 5.41) is 9.71. The summed E-state index contributed by atoms with van der Waals surface area (Å²) in [5.41, 5.74) is 0. The summed E-state index contributed by atoms with van der Waals surface area (Å²) < 4.78 is 22.9. The predicted octanol–water partition coefficient (Wildman–Crippen LogP) is 17.6. The van der Waals surface area contributed by atoms with E-state index in [-0.39, 0.29) is 32.2 Å². The molecule has 0 spiro atoms. The first-order chi connectivity index (χ1) is 35.6. The average Bonchev–Trinajstić information content (AvgIpc) is 3.36. The van der Waals surface area contributed by atoms with Gasteiger partial charge in [-0.05, 0) is 89.9 Å². The zero-order valence-electron chi connectivity index (χ0n) is 47.8. The normalized spacial score (nSPS) is 13.4. The van der Waals surface area contributed by atoms with Crippen molar-refractivity contribution >= 4 is 17.9 Å². The zero-order chi connectivity index (χ0) is 53.4. The molecular weight excluding hydrogens is 911 g/mol. The third-order valence-corrected chi connectivity index (χ3v) is 12.6. The van der Waals surface area contributed by atoms with Crippen molar-refractivity contribution < 1.29 is 42.9 Å². The molecule has 0 aliphatic rings. The number of carbonyl (C=O) groups is 3. The van der Waals surface area contributed by atoms with E-state index in [4.69, 9.17) is 18.9 Å². The number of rotatable bonds is 54. The van der Waals surface area contributed by atoms with Gasteiger partial charge in [0.2, 0.25) is 0 Å². The van der Waals surface area contributed by atoms with Gasteiger partial charge >= 0.3 is 17.9 Å². The fourth-order valence-corrected chi connectivity index (χ4v) is 8.07. The number of ether oxygens (including phenoxy) is 4. The predicted molar refractivity (Wildman–Crippen MR) is 309 cm³/mol. The quantitative estimate of drug-likeness (QED) is 0.0211. The van der Waals surface area contributed by atoms with Gasteiger partial charge in [-0.1, -0.05) is 227 Å². The highest BCUT2D eigenvalue weighted by Gasteiger charge is 2.25. The minimum absolute atomic E-state index is 0.182. The molecule has 2 unspecified atom stereocenters. The molecule has 0 aromatic carbocycles. The first-order valence-corrected chi connectivity index (χ1v) is 29.8. The molecule has 9 heteroatoms. The molecule has 0 saturated heterocycles. The number of unbranched alkanes of at least 4 members (excludes halogenated alkanes) is 25. The van der Waals surface area contributed by atoms with Gasteiger partial charge in [-0.15, -0.1) is 0 Å². The van der Waals surface area contributed by atoms with E-state index in [2.05, 4.69) is 98.9 Å². The molecule has 0 bridgehead atoms. The molecule has 9 nitrogen and oxygen atoms in total. The molecule has 0 rings (SSSR count). The Morgan fingerprint density at radius 1 is 0.425 bits per heavy atom. The Labute approximate surface area is 449 Å². The molecule has 0 saturated carbocycles. The number of carbonyl (C=O) groups excluding carboxylic acids is 2. The summed E-state index contributed by atoms with van der Waals surface area (Å²) in [6.45, 7) is 4.75. The van der Waals surface area contributed by atoms with Crippen molar-refractivity contribution in [3.8, 4) is 0 Å². The van der Waals surface area contributed by atoms with Crippen LogP contribution in [0.15, 0.2) is 85.1 Å². The van der Waals surface area contributed by atoms with Crippen molar-refractivity contribution in [1.82, 2.24) is 0 Å². The minimum Gasteiger partial charge on any atom is -0.477 e. The number of quaternary nitrogens is 1. The van der Waals surface area contributed by atoms with Gasteiger partial charge in [0.15, 0.2) is 6.10 Å². The fourth-order valence-electron chi connectivity index (χ4n) is 8.07. The van der Waals surface area contributed by atoms with Crippen LogP contribution >= 0.6 is 0 Å². The number of hydrogen-bond donors (Lipinski definition) is 1. The topological polar surface area (TPSA) is 108 Å². The highest BCUT2D eigenvalue weighted by atomic mass is 16.7. The number of aliphatic carboxylic acids is 1. The molecule has 0 heterocycles. The van der Waals surface area contributed by atoms with Crippen LogP contribution in [0.2, 0.25) is 0 Å². The molecule has 0 amide bonds. The van der Waals surface area contributed by atoms with E-state index in [1.54, 1.807) is 0 Å². The Bertz CT molecular complexity index is 1470. The molecule has 0 aromatic rings. The summed E-state index contributed by atoms with van der Waals surface area (Å²) in [6.07, 6.45) is 69.4. The zero-order valence-corrected chi connectivity index (χ0v) is 47.8. The van der Waals surface area contributed by atoms with Crippen LogP contribution in [0.4, 0.5) is 0 Å². The smallest absolute Gasteiger partial charge is 0.361 e. The van der Waals surface area contributed by atoms with E-state index in [0.717, 1.165) is 83.5 Å². The molecule has 0 aromatic heterocycles. The maximum atomic E-state index is 12.9. The highest BCUT2D eigenvalue weighted by molar-refractivity contribution is 5.71. The molecule has 1 N–H and O–H groups in total. The van der Waals surface area contributed by atoms with Gasteiger partial charge in [0.05, 0.1) is 34.4 Å². The second-order valence-corrected chi connectivity index (χ2v) is 20.9. The lowest BCUT2D eigenvalue weighted by atomic mass is 10.0. The summed E-state index contributed by atoms with van der Waals surface area (Å²) in [5.74, 6) is -2.02. The van der Waals surface area contributed by atoms with Gasteiger partial charge in [-0.25, -0.2) is 4.79 Å². The molecule has 0 aliphatic heterocycles. The van der Waals surface area contributed by atoms with Crippen LogP contribution in [-0.4, -0.2) is 87.4 Å². The van der Waals surface area contributed by atoms with Crippen LogP contribution in [0, 0.1) is 0 Å². The maximum Gasteiger partial charge on any atom is 0.361 e. The Hall–Kier alpha value is -3.53. The lowest BCUT2D eigenvalue weighted by Crippen LogP contribution is -2.40. The van der Waals surface area contributed by atoms with Gasteiger partial charge in [0, 0.05) is 12.8 Å². The van der Waals surface area contributed by atoms with Crippen molar-refractivity contribution in [3.63, 3.8) is 0 Å². The van der Waals surface area contributed by atoms with Crippen molar-refractivity contribution in [1.29, 1.82) is 0 Å². The molecule has 0 fully saturated rings. The van der Waals surface area contributed by atoms with E-state index >= 15 is 0 Å². The largest absolute Gasteiger partial charge is 0.477 e. The van der Waals surface area contributed by atoms with Gasteiger partial charge < -0.3 is 28.5 Å².